The van der Waals surface area contributed by atoms with Crippen LogP contribution >= 0.6 is 0 Å². The van der Waals surface area contributed by atoms with E-state index >= 15 is 0 Å². The van der Waals surface area contributed by atoms with Crippen molar-refractivity contribution in [1.82, 2.24) is 4.57 Å². The van der Waals surface area contributed by atoms with Crippen molar-refractivity contribution in [3.05, 3.63) is 77.1 Å². The van der Waals surface area contributed by atoms with Crippen molar-refractivity contribution < 1.29 is 9.90 Å². The Morgan fingerprint density at radius 3 is 2.31 bits per heavy atom. The number of aryl methyl sites for hydroxylation is 1. The van der Waals surface area contributed by atoms with Crippen LogP contribution in [-0.4, -0.2) is 15.6 Å². The number of benzene rings is 2. The molecule has 1 aromatic heterocycles. The van der Waals surface area contributed by atoms with Crippen LogP contribution in [-0.2, 0) is 19.4 Å². The molecule has 0 radical (unpaired) electrons. The first-order chi connectivity index (χ1) is 12.5. The van der Waals surface area contributed by atoms with Crippen LogP contribution in [0.25, 0.3) is 11.1 Å². The maximum absolute atomic E-state index is 12.2. The van der Waals surface area contributed by atoms with Gasteiger partial charge in [-0.2, -0.15) is 0 Å². The number of hydrogen-bond acceptors (Lipinski definition) is 2. The lowest BCUT2D eigenvalue weighted by atomic mass is 9.99. The van der Waals surface area contributed by atoms with Gasteiger partial charge in [0.2, 0.25) is 0 Å². The van der Waals surface area contributed by atoms with Crippen LogP contribution in [0.2, 0.25) is 0 Å². The third kappa shape index (κ3) is 3.36. The van der Waals surface area contributed by atoms with Gasteiger partial charge in [0.1, 0.15) is 5.75 Å². The van der Waals surface area contributed by atoms with Crippen molar-refractivity contribution in [3.63, 3.8) is 0 Å². The van der Waals surface area contributed by atoms with E-state index in [0.29, 0.717) is 5.56 Å². The summed E-state index contributed by atoms with van der Waals surface area (Å²) in [5, 5.41) is 9.44. The molecule has 0 saturated carbocycles. The molecule has 0 atom stereocenters. The summed E-state index contributed by atoms with van der Waals surface area (Å²) in [6.07, 6.45) is 1.63. The Hall–Kier alpha value is -3.01. The average Bonchev–Trinajstić information content (AvgIpc) is 2.94. The van der Waals surface area contributed by atoms with Gasteiger partial charge in [0, 0.05) is 23.5 Å². The zero-order valence-corrected chi connectivity index (χ0v) is 15.2. The predicted molar refractivity (Wildman–Crippen MR) is 104 cm³/mol. The molecule has 3 N–H and O–H groups in total. The fourth-order valence-electron chi connectivity index (χ4n) is 3.59. The minimum atomic E-state index is -0.389. The second kappa shape index (κ2) is 7.48. The molecule has 4 nitrogen and oxygen atoms in total. The van der Waals surface area contributed by atoms with E-state index in [-0.39, 0.29) is 11.7 Å². The SMILES string of the molecule is CCc1c(-c2ccccc2)c(C(N)=O)c(C)n1CCc1ccc(O)cc1. The van der Waals surface area contributed by atoms with Crippen molar-refractivity contribution in [2.75, 3.05) is 0 Å². The number of carbonyl (C=O) groups excluding carboxylic acids is 1. The summed E-state index contributed by atoms with van der Waals surface area (Å²) < 4.78 is 2.20. The summed E-state index contributed by atoms with van der Waals surface area (Å²) in [4.78, 5) is 12.2. The van der Waals surface area contributed by atoms with E-state index in [1.165, 1.54) is 0 Å². The first kappa shape index (κ1) is 17.8. The number of primary amides is 1. The molecule has 0 aliphatic carbocycles. The summed E-state index contributed by atoms with van der Waals surface area (Å²) in [6.45, 7) is 4.82. The summed E-state index contributed by atoms with van der Waals surface area (Å²) >= 11 is 0. The highest BCUT2D eigenvalue weighted by molar-refractivity contribution is 6.02. The molecule has 134 valence electrons. The third-order valence-corrected chi connectivity index (χ3v) is 4.84. The van der Waals surface area contributed by atoms with E-state index in [4.69, 9.17) is 5.73 Å². The number of carbonyl (C=O) groups is 1. The number of hydrogen-bond donors (Lipinski definition) is 2. The van der Waals surface area contributed by atoms with Gasteiger partial charge in [0.05, 0.1) is 5.56 Å². The lowest BCUT2D eigenvalue weighted by Gasteiger charge is -2.12. The topological polar surface area (TPSA) is 68.2 Å². The van der Waals surface area contributed by atoms with Crippen LogP contribution in [0.1, 0.15) is 34.2 Å². The first-order valence-electron chi connectivity index (χ1n) is 8.88. The Labute approximate surface area is 153 Å². The summed E-state index contributed by atoms with van der Waals surface area (Å²) in [6, 6.07) is 17.2. The Balaban J connectivity index is 2.05. The summed E-state index contributed by atoms with van der Waals surface area (Å²) in [5.41, 5.74) is 11.5. The van der Waals surface area contributed by atoms with Gasteiger partial charge in [-0.3, -0.25) is 4.79 Å². The number of phenolic OH excluding ortho intramolecular Hbond substituents is 1. The van der Waals surface area contributed by atoms with Crippen molar-refractivity contribution in [2.24, 2.45) is 5.73 Å². The van der Waals surface area contributed by atoms with Gasteiger partial charge in [0.25, 0.3) is 5.91 Å². The van der Waals surface area contributed by atoms with Crippen LogP contribution in [0.4, 0.5) is 0 Å². The van der Waals surface area contributed by atoms with Gasteiger partial charge in [-0.25, -0.2) is 0 Å². The second-order valence-corrected chi connectivity index (χ2v) is 6.43. The number of nitrogens with two attached hydrogens (primary N) is 1. The highest BCUT2D eigenvalue weighted by Crippen LogP contribution is 2.33. The molecule has 1 amide bonds. The van der Waals surface area contributed by atoms with Gasteiger partial charge in [0.15, 0.2) is 0 Å². The zero-order chi connectivity index (χ0) is 18.7. The lowest BCUT2D eigenvalue weighted by Crippen LogP contribution is -2.13. The molecule has 26 heavy (non-hydrogen) atoms. The second-order valence-electron chi connectivity index (χ2n) is 6.43. The molecule has 0 aliphatic heterocycles. The van der Waals surface area contributed by atoms with Gasteiger partial charge in [-0.05, 0) is 43.0 Å². The Morgan fingerprint density at radius 2 is 1.73 bits per heavy atom. The van der Waals surface area contributed by atoms with Crippen molar-refractivity contribution >= 4 is 5.91 Å². The van der Waals surface area contributed by atoms with Crippen LogP contribution in [0.3, 0.4) is 0 Å². The van der Waals surface area contributed by atoms with E-state index in [1.807, 2.05) is 49.4 Å². The van der Waals surface area contributed by atoms with Crippen LogP contribution in [0.15, 0.2) is 54.6 Å². The van der Waals surface area contributed by atoms with E-state index < -0.39 is 0 Å². The van der Waals surface area contributed by atoms with Gasteiger partial charge in [-0.1, -0.05) is 49.4 Å². The average molecular weight is 348 g/mol. The zero-order valence-electron chi connectivity index (χ0n) is 15.2. The number of phenols is 1. The van der Waals surface area contributed by atoms with Crippen LogP contribution < -0.4 is 5.73 Å². The monoisotopic (exact) mass is 348 g/mol. The maximum Gasteiger partial charge on any atom is 0.251 e. The molecule has 0 saturated heterocycles. The molecular formula is C22H24N2O2. The first-order valence-corrected chi connectivity index (χ1v) is 8.88. The van der Waals surface area contributed by atoms with E-state index in [1.54, 1.807) is 12.1 Å². The Bertz CT molecular complexity index is 910. The molecule has 2 aromatic carbocycles. The van der Waals surface area contributed by atoms with Crippen molar-refractivity contribution in [3.8, 4) is 16.9 Å². The highest BCUT2D eigenvalue weighted by Gasteiger charge is 2.23. The number of rotatable bonds is 6. The number of aromatic hydroxyl groups is 1. The normalized spacial score (nSPS) is 10.8. The Kier molecular flexibility index (Phi) is 5.12. The smallest absolute Gasteiger partial charge is 0.251 e. The fraction of sp³-hybridized carbons (Fsp3) is 0.227. The highest BCUT2D eigenvalue weighted by atomic mass is 16.3. The minimum absolute atomic E-state index is 0.266. The number of amides is 1. The molecule has 3 aromatic rings. The standard InChI is InChI=1S/C22H24N2O2/c1-3-19-21(17-7-5-4-6-8-17)20(22(23)26)15(2)24(19)14-13-16-9-11-18(25)12-10-16/h4-12,25H,3,13-14H2,1-2H3,(H2,23,26). The predicted octanol–water partition coefficient (Wildman–Crippen LogP) is 4.07. The van der Waals surface area contributed by atoms with Crippen molar-refractivity contribution in [2.45, 2.75) is 33.2 Å². The third-order valence-electron chi connectivity index (χ3n) is 4.84. The minimum Gasteiger partial charge on any atom is -0.508 e. The van der Waals surface area contributed by atoms with Crippen molar-refractivity contribution in [1.29, 1.82) is 0 Å². The van der Waals surface area contributed by atoms with E-state index in [9.17, 15) is 9.90 Å². The summed E-state index contributed by atoms with van der Waals surface area (Å²) in [7, 11) is 0. The van der Waals surface area contributed by atoms with E-state index in [2.05, 4.69) is 11.5 Å². The molecule has 0 bridgehead atoms. The summed E-state index contributed by atoms with van der Waals surface area (Å²) in [5.74, 6) is -0.123. The quantitative estimate of drug-likeness (QED) is 0.705. The lowest BCUT2D eigenvalue weighted by molar-refractivity contribution is 0.1000. The number of nitrogens with zero attached hydrogens (tertiary/aromatic N) is 1. The molecule has 1 heterocycles. The molecule has 0 spiro atoms. The van der Waals surface area contributed by atoms with Crippen LogP contribution in [0.5, 0.6) is 5.75 Å². The fourth-order valence-corrected chi connectivity index (χ4v) is 3.59. The van der Waals surface area contributed by atoms with Gasteiger partial charge < -0.3 is 15.4 Å². The van der Waals surface area contributed by atoms with Gasteiger partial charge in [-0.15, -0.1) is 0 Å². The van der Waals surface area contributed by atoms with Gasteiger partial charge >= 0.3 is 0 Å². The maximum atomic E-state index is 12.2. The van der Waals surface area contributed by atoms with E-state index in [0.717, 1.165) is 47.5 Å². The molecular weight excluding hydrogens is 324 g/mol. The number of aromatic nitrogens is 1. The molecule has 0 fully saturated rings. The molecule has 0 aliphatic rings. The molecule has 0 unspecified atom stereocenters. The Morgan fingerprint density at radius 1 is 1.08 bits per heavy atom. The molecule has 3 rings (SSSR count). The largest absolute Gasteiger partial charge is 0.508 e. The molecule has 4 heteroatoms. The van der Waals surface area contributed by atoms with Crippen LogP contribution in [0, 0.1) is 6.92 Å².